The standard InChI is InChI=1S/C13H24N2O/c1-3-14-13(16)9-15(4-2)12-8-10-5-6-11(12)7-10/h10-12H,3-9H2,1-2H3,(H,14,16)/t10-,11-,12-/m0/s1. The second kappa shape index (κ2) is 5.17. The summed E-state index contributed by atoms with van der Waals surface area (Å²) in [5, 5.41) is 2.90. The molecule has 0 unspecified atom stereocenters. The summed E-state index contributed by atoms with van der Waals surface area (Å²) < 4.78 is 0. The van der Waals surface area contributed by atoms with Crippen molar-refractivity contribution in [3.8, 4) is 0 Å². The lowest BCUT2D eigenvalue weighted by Gasteiger charge is -2.33. The molecular formula is C13H24N2O. The quantitative estimate of drug-likeness (QED) is 0.770. The van der Waals surface area contributed by atoms with Crippen LogP contribution >= 0.6 is 0 Å². The van der Waals surface area contributed by atoms with Crippen molar-refractivity contribution < 1.29 is 4.79 Å². The maximum absolute atomic E-state index is 11.6. The number of carbonyl (C=O) groups excluding carboxylic acids is 1. The third kappa shape index (κ3) is 2.40. The minimum Gasteiger partial charge on any atom is -0.355 e. The summed E-state index contributed by atoms with van der Waals surface area (Å²) in [4.78, 5) is 14.0. The minimum atomic E-state index is 0.187. The van der Waals surface area contributed by atoms with Gasteiger partial charge >= 0.3 is 0 Å². The van der Waals surface area contributed by atoms with Gasteiger partial charge in [-0.2, -0.15) is 0 Å². The van der Waals surface area contributed by atoms with Gasteiger partial charge in [0.25, 0.3) is 0 Å². The van der Waals surface area contributed by atoms with Crippen LogP contribution in [0.15, 0.2) is 0 Å². The number of fused-ring (bicyclic) bond motifs is 2. The average Bonchev–Trinajstić information content (AvgIpc) is 2.87. The van der Waals surface area contributed by atoms with E-state index in [-0.39, 0.29) is 5.91 Å². The molecule has 2 rings (SSSR count). The van der Waals surface area contributed by atoms with Gasteiger partial charge in [-0.25, -0.2) is 0 Å². The zero-order valence-electron chi connectivity index (χ0n) is 10.5. The summed E-state index contributed by atoms with van der Waals surface area (Å²) in [6.07, 6.45) is 5.57. The van der Waals surface area contributed by atoms with Crippen molar-refractivity contribution in [2.75, 3.05) is 19.6 Å². The SMILES string of the molecule is CCNC(=O)CN(CC)[C@H]1C[C@H]2CC[C@H]1C2. The van der Waals surface area contributed by atoms with Crippen LogP contribution in [0.1, 0.15) is 39.5 Å². The molecule has 0 radical (unpaired) electrons. The summed E-state index contributed by atoms with van der Waals surface area (Å²) in [5.74, 6) is 2.02. The van der Waals surface area contributed by atoms with Gasteiger partial charge < -0.3 is 5.32 Å². The van der Waals surface area contributed by atoms with E-state index < -0.39 is 0 Å². The van der Waals surface area contributed by atoms with Gasteiger partial charge in [0.2, 0.25) is 5.91 Å². The average molecular weight is 224 g/mol. The third-order valence-electron chi connectivity index (χ3n) is 4.30. The number of carbonyl (C=O) groups is 1. The highest BCUT2D eigenvalue weighted by Gasteiger charge is 2.42. The Bertz CT molecular complexity index is 254. The molecule has 2 aliphatic rings. The molecule has 3 atom stereocenters. The van der Waals surface area contributed by atoms with E-state index in [9.17, 15) is 4.79 Å². The first kappa shape index (κ1) is 11.9. The molecule has 2 saturated carbocycles. The molecule has 0 aromatic rings. The van der Waals surface area contributed by atoms with Crippen LogP contribution in [0.25, 0.3) is 0 Å². The molecule has 0 heterocycles. The van der Waals surface area contributed by atoms with Crippen molar-refractivity contribution in [1.82, 2.24) is 10.2 Å². The number of rotatable bonds is 5. The van der Waals surface area contributed by atoms with E-state index in [2.05, 4.69) is 17.1 Å². The van der Waals surface area contributed by atoms with E-state index in [0.29, 0.717) is 12.6 Å². The zero-order valence-corrected chi connectivity index (χ0v) is 10.5. The third-order valence-corrected chi connectivity index (χ3v) is 4.30. The summed E-state index contributed by atoms with van der Waals surface area (Å²) in [5.41, 5.74) is 0. The number of nitrogens with zero attached hydrogens (tertiary/aromatic N) is 1. The predicted molar refractivity (Wildman–Crippen MR) is 65.2 cm³/mol. The van der Waals surface area contributed by atoms with Crippen molar-refractivity contribution in [2.24, 2.45) is 11.8 Å². The van der Waals surface area contributed by atoms with E-state index >= 15 is 0 Å². The van der Waals surface area contributed by atoms with Crippen molar-refractivity contribution in [3.63, 3.8) is 0 Å². The van der Waals surface area contributed by atoms with Crippen LogP contribution in [0.2, 0.25) is 0 Å². The van der Waals surface area contributed by atoms with Gasteiger partial charge in [0.05, 0.1) is 6.54 Å². The summed E-state index contributed by atoms with van der Waals surface area (Å²) in [6.45, 7) is 6.49. The fourth-order valence-electron chi connectivity index (χ4n) is 3.56. The highest BCUT2D eigenvalue weighted by molar-refractivity contribution is 5.77. The fourth-order valence-corrected chi connectivity index (χ4v) is 3.56. The topological polar surface area (TPSA) is 32.3 Å². The fraction of sp³-hybridized carbons (Fsp3) is 0.923. The first-order chi connectivity index (χ1) is 7.74. The van der Waals surface area contributed by atoms with Crippen LogP contribution in [0.5, 0.6) is 0 Å². The number of amides is 1. The Hall–Kier alpha value is -0.570. The molecule has 0 aromatic heterocycles. The molecule has 2 aliphatic carbocycles. The number of hydrogen-bond acceptors (Lipinski definition) is 2. The van der Waals surface area contributed by atoms with Gasteiger partial charge in [0.15, 0.2) is 0 Å². The molecule has 1 amide bonds. The first-order valence-electron chi connectivity index (χ1n) is 6.75. The lowest BCUT2D eigenvalue weighted by Crippen LogP contribution is -2.45. The Morgan fingerprint density at radius 1 is 1.31 bits per heavy atom. The maximum atomic E-state index is 11.6. The molecule has 2 fully saturated rings. The van der Waals surface area contributed by atoms with E-state index in [1.165, 1.54) is 25.7 Å². The molecule has 0 saturated heterocycles. The molecule has 16 heavy (non-hydrogen) atoms. The van der Waals surface area contributed by atoms with Gasteiger partial charge in [0, 0.05) is 12.6 Å². The summed E-state index contributed by atoms with van der Waals surface area (Å²) >= 11 is 0. The molecule has 92 valence electrons. The van der Waals surface area contributed by atoms with E-state index in [0.717, 1.165) is 24.9 Å². The number of likely N-dealkylation sites (N-methyl/N-ethyl adjacent to an activating group) is 2. The highest BCUT2D eigenvalue weighted by Crippen LogP contribution is 2.46. The van der Waals surface area contributed by atoms with Gasteiger partial charge in [0.1, 0.15) is 0 Å². The van der Waals surface area contributed by atoms with Crippen LogP contribution in [0.4, 0.5) is 0 Å². The normalized spacial score (nSPS) is 32.3. The Morgan fingerprint density at radius 3 is 2.62 bits per heavy atom. The van der Waals surface area contributed by atoms with Gasteiger partial charge in [-0.15, -0.1) is 0 Å². The molecule has 2 bridgehead atoms. The number of nitrogens with one attached hydrogen (secondary N) is 1. The van der Waals surface area contributed by atoms with Crippen LogP contribution in [-0.4, -0.2) is 36.5 Å². The molecule has 1 N–H and O–H groups in total. The Labute approximate surface area is 98.6 Å². The van der Waals surface area contributed by atoms with Crippen molar-refractivity contribution in [3.05, 3.63) is 0 Å². The zero-order chi connectivity index (χ0) is 11.5. The first-order valence-corrected chi connectivity index (χ1v) is 6.75. The van der Waals surface area contributed by atoms with Crippen LogP contribution in [0, 0.1) is 11.8 Å². The van der Waals surface area contributed by atoms with Crippen molar-refractivity contribution in [1.29, 1.82) is 0 Å². The van der Waals surface area contributed by atoms with Gasteiger partial charge in [-0.05, 0) is 44.6 Å². The highest BCUT2D eigenvalue weighted by atomic mass is 16.2. The van der Waals surface area contributed by atoms with E-state index in [4.69, 9.17) is 0 Å². The summed E-state index contributed by atoms with van der Waals surface area (Å²) in [6, 6.07) is 0.686. The molecule has 0 spiro atoms. The van der Waals surface area contributed by atoms with E-state index in [1.54, 1.807) is 0 Å². The van der Waals surface area contributed by atoms with E-state index in [1.807, 2.05) is 6.92 Å². The Kier molecular flexibility index (Phi) is 3.85. The second-order valence-corrected chi connectivity index (χ2v) is 5.26. The van der Waals surface area contributed by atoms with Gasteiger partial charge in [-0.3, -0.25) is 9.69 Å². The molecule has 3 heteroatoms. The van der Waals surface area contributed by atoms with Crippen LogP contribution in [0.3, 0.4) is 0 Å². The van der Waals surface area contributed by atoms with Crippen molar-refractivity contribution in [2.45, 2.75) is 45.6 Å². The maximum Gasteiger partial charge on any atom is 0.234 e. The molecule has 0 aliphatic heterocycles. The lowest BCUT2D eigenvalue weighted by molar-refractivity contribution is -0.122. The summed E-state index contributed by atoms with van der Waals surface area (Å²) in [7, 11) is 0. The van der Waals surface area contributed by atoms with Crippen LogP contribution in [-0.2, 0) is 4.79 Å². The predicted octanol–water partition coefficient (Wildman–Crippen LogP) is 1.63. The van der Waals surface area contributed by atoms with Crippen molar-refractivity contribution >= 4 is 5.91 Å². The second-order valence-electron chi connectivity index (χ2n) is 5.26. The number of hydrogen-bond donors (Lipinski definition) is 1. The van der Waals surface area contributed by atoms with Gasteiger partial charge in [-0.1, -0.05) is 13.3 Å². The molecular weight excluding hydrogens is 200 g/mol. The van der Waals surface area contributed by atoms with Crippen LogP contribution < -0.4 is 5.32 Å². The molecule has 0 aromatic carbocycles. The largest absolute Gasteiger partial charge is 0.355 e. The Balaban J connectivity index is 1.87. The Morgan fingerprint density at radius 2 is 2.12 bits per heavy atom. The molecule has 3 nitrogen and oxygen atoms in total. The minimum absolute atomic E-state index is 0.187. The smallest absolute Gasteiger partial charge is 0.234 e. The lowest BCUT2D eigenvalue weighted by atomic mass is 9.94. The monoisotopic (exact) mass is 224 g/mol.